The molecule has 116 valence electrons. The van der Waals surface area contributed by atoms with Gasteiger partial charge < -0.3 is 4.90 Å². The summed E-state index contributed by atoms with van der Waals surface area (Å²) < 4.78 is 0. The minimum absolute atomic E-state index is 0.0581. The minimum atomic E-state index is -0.0734. The van der Waals surface area contributed by atoms with Gasteiger partial charge in [0.1, 0.15) is 6.54 Å². The zero-order valence-electron chi connectivity index (χ0n) is 12.8. The van der Waals surface area contributed by atoms with Crippen molar-refractivity contribution < 1.29 is 4.79 Å². The molecule has 0 spiro atoms. The van der Waals surface area contributed by atoms with Crippen molar-refractivity contribution in [2.45, 2.75) is 13.5 Å². The molecule has 0 aliphatic heterocycles. The van der Waals surface area contributed by atoms with Crippen LogP contribution in [0.25, 0.3) is 11.4 Å². The van der Waals surface area contributed by atoms with Crippen molar-refractivity contribution in [3.05, 3.63) is 60.7 Å². The van der Waals surface area contributed by atoms with E-state index >= 15 is 0 Å². The van der Waals surface area contributed by atoms with E-state index in [9.17, 15) is 4.79 Å². The summed E-state index contributed by atoms with van der Waals surface area (Å²) in [5.74, 6) is 0.442. The Labute approximate surface area is 134 Å². The Bertz CT molecular complexity index is 770. The minimum Gasteiger partial charge on any atom is -0.311 e. The van der Waals surface area contributed by atoms with Gasteiger partial charge in [0.15, 0.2) is 0 Å². The van der Waals surface area contributed by atoms with Crippen molar-refractivity contribution in [2.75, 3.05) is 11.4 Å². The number of amides is 1. The zero-order valence-corrected chi connectivity index (χ0v) is 12.8. The van der Waals surface area contributed by atoms with Crippen LogP contribution >= 0.6 is 0 Å². The maximum atomic E-state index is 12.5. The third-order valence-electron chi connectivity index (χ3n) is 3.45. The Hall–Kier alpha value is -3.02. The van der Waals surface area contributed by atoms with E-state index < -0.39 is 0 Å². The molecule has 0 unspecified atom stereocenters. The number of carbonyl (C=O) groups excluding carboxylic acids is 1. The van der Waals surface area contributed by atoms with Crippen LogP contribution in [0.15, 0.2) is 60.7 Å². The molecule has 3 rings (SSSR count). The standard InChI is InChI=1S/C17H17N5O/c1-2-21(15-11-7-4-8-12-15)16(23)13-22-19-17(18-20-22)14-9-5-3-6-10-14/h3-12H,2,13H2,1H3. The van der Waals surface area contributed by atoms with E-state index in [2.05, 4.69) is 15.4 Å². The van der Waals surface area contributed by atoms with Crippen LogP contribution in [0, 0.1) is 0 Å². The predicted molar refractivity (Wildman–Crippen MR) is 87.7 cm³/mol. The zero-order chi connectivity index (χ0) is 16.1. The number of aromatic nitrogens is 4. The van der Waals surface area contributed by atoms with Gasteiger partial charge in [-0.2, -0.15) is 4.80 Å². The van der Waals surface area contributed by atoms with Gasteiger partial charge >= 0.3 is 0 Å². The molecule has 0 saturated carbocycles. The second-order valence-corrected chi connectivity index (χ2v) is 4.98. The molecular formula is C17H17N5O. The fourth-order valence-electron chi connectivity index (χ4n) is 2.33. The van der Waals surface area contributed by atoms with E-state index in [-0.39, 0.29) is 12.5 Å². The Morgan fingerprint density at radius 2 is 1.70 bits per heavy atom. The highest BCUT2D eigenvalue weighted by Gasteiger charge is 2.16. The molecule has 0 saturated heterocycles. The van der Waals surface area contributed by atoms with E-state index in [1.54, 1.807) is 4.90 Å². The first-order chi connectivity index (χ1) is 11.3. The van der Waals surface area contributed by atoms with E-state index in [1.807, 2.05) is 67.6 Å². The van der Waals surface area contributed by atoms with Crippen molar-refractivity contribution in [1.82, 2.24) is 20.2 Å². The average molecular weight is 307 g/mol. The lowest BCUT2D eigenvalue weighted by Gasteiger charge is -2.20. The van der Waals surface area contributed by atoms with Crippen molar-refractivity contribution in [3.63, 3.8) is 0 Å². The van der Waals surface area contributed by atoms with Crippen LogP contribution in [0.3, 0.4) is 0 Å². The lowest BCUT2D eigenvalue weighted by Crippen LogP contribution is -2.34. The van der Waals surface area contributed by atoms with Crippen LogP contribution < -0.4 is 4.90 Å². The van der Waals surface area contributed by atoms with Gasteiger partial charge in [-0.05, 0) is 24.3 Å². The lowest BCUT2D eigenvalue weighted by molar-refractivity contribution is -0.119. The topological polar surface area (TPSA) is 63.9 Å². The number of carbonyl (C=O) groups is 1. The summed E-state index contributed by atoms with van der Waals surface area (Å²) >= 11 is 0. The largest absolute Gasteiger partial charge is 0.311 e. The van der Waals surface area contributed by atoms with Gasteiger partial charge in [-0.3, -0.25) is 4.79 Å². The smallest absolute Gasteiger partial charge is 0.250 e. The summed E-state index contributed by atoms with van der Waals surface area (Å²) in [5.41, 5.74) is 1.74. The van der Waals surface area contributed by atoms with Crippen molar-refractivity contribution in [1.29, 1.82) is 0 Å². The fourth-order valence-corrected chi connectivity index (χ4v) is 2.33. The van der Waals surface area contributed by atoms with Crippen LogP contribution in [0.4, 0.5) is 5.69 Å². The molecule has 23 heavy (non-hydrogen) atoms. The lowest BCUT2D eigenvalue weighted by atomic mass is 10.2. The molecule has 6 nitrogen and oxygen atoms in total. The predicted octanol–water partition coefficient (Wildman–Crippen LogP) is 2.39. The Morgan fingerprint density at radius 3 is 2.35 bits per heavy atom. The van der Waals surface area contributed by atoms with Crippen molar-refractivity contribution in [3.8, 4) is 11.4 Å². The summed E-state index contributed by atoms with van der Waals surface area (Å²) in [5, 5.41) is 12.3. The van der Waals surface area contributed by atoms with Crippen molar-refractivity contribution in [2.24, 2.45) is 0 Å². The molecule has 0 aliphatic rings. The first-order valence-corrected chi connectivity index (χ1v) is 7.46. The SMILES string of the molecule is CCN(C(=O)Cn1nnc(-c2ccccc2)n1)c1ccccc1. The first-order valence-electron chi connectivity index (χ1n) is 7.46. The molecule has 3 aromatic rings. The van der Waals surface area contributed by atoms with Gasteiger partial charge in [0.05, 0.1) is 0 Å². The molecular weight excluding hydrogens is 290 g/mol. The molecule has 1 aromatic heterocycles. The number of hydrogen-bond donors (Lipinski definition) is 0. The van der Waals surface area contributed by atoms with Crippen LogP contribution in [-0.4, -0.2) is 32.7 Å². The maximum Gasteiger partial charge on any atom is 0.250 e. The number of anilines is 1. The monoisotopic (exact) mass is 307 g/mol. The van der Waals surface area contributed by atoms with Crippen LogP contribution in [0.2, 0.25) is 0 Å². The van der Waals surface area contributed by atoms with Gasteiger partial charge in [0.25, 0.3) is 5.91 Å². The highest BCUT2D eigenvalue weighted by Crippen LogP contribution is 2.14. The third-order valence-corrected chi connectivity index (χ3v) is 3.45. The summed E-state index contributed by atoms with van der Waals surface area (Å²) in [6, 6.07) is 19.1. The molecule has 0 aliphatic carbocycles. The fraction of sp³-hybridized carbons (Fsp3) is 0.176. The normalized spacial score (nSPS) is 10.5. The third kappa shape index (κ3) is 3.42. The molecule has 2 aromatic carbocycles. The maximum absolute atomic E-state index is 12.5. The van der Waals surface area contributed by atoms with E-state index in [4.69, 9.17) is 0 Å². The second-order valence-electron chi connectivity index (χ2n) is 4.98. The van der Waals surface area contributed by atoms with Crippen molar-refractivity contribution >= 4 is 11.6 Å². The summed E-state index contributed by atoms with van der Waals surface area (Å²) in [6.07, 6.45) is 0. The summed E-state index contributed by atoms with van der Waals surface area (Å²) in [6.45, 7) is 2.58. The molecule has 1 amide bonds. The summed E-state index contributed by atoms with van der Waals surface area (Å²) in [4.78, 5) is 15.5. The van der Waals surface area contributed by atoms with Gasteiger partial charge in [-0.25, -0.2) is 0 Å². The molecule has 1 heterocycles. The molecule has 0 N–H and O–H groups in total. The molecule has 6 heteroatoms. The number of tetrazole rings is 1. The van der Waals surface area contributed by atoms with Crippen LogP contribution in [-0.2, 0) is 11.3 Å². The molecule has 0 fully saturated rings. The number of benzene rings is 2. The molecule has 0 radical (unpaired) electrons. The number of nitrogens with zero attached hydrogens (tertiary/aromatic N) is 5. The van der Waals surface area contributed by atoms with Crippen LogP contribution in [0.5, 0.6) is 0 Å². The highest BCUT2D eigenvalue weighted by atomic mass is 16.2. The Morgan fingerprint density at radius 1 is 1.04 bits per heavy atom. The van der Waals surface area contributed by atoms with Gasteiger partial charge in [-0.15, -0.1) is 10.2 Å². The number of para-hydroxylation sites is 1. The van der Waals surface area contributed by atoms with E-state index in [1.165, 1.54) is 4.80 Å². The van der Waals surface area contributed by atoms with Gasteiger partial charge in [0, 0.05) is 17.8 Å². The quantitative estimate of drug-likeness (QED) is 0.726. The molecule has 0 bridgehead atoms. The molecule has 0 atom stereocenters. The van der Waals surface area contributed by atoms with E-state index in [0.717, 1.165) is 11.3 Å². The van der Waals surface area contributed by atoms with Gasteiger partial charge in [-0.1, -0.05) is 48.5 Å². The Kier molecular flexibility index (Phi) is 4.42. The Balaban J connectivity index is 1.74. The highest BCUT2D eigenvalue weighted by molar-refractivity contribution is 5.92. The number of likely N-dealkylation sites (N-methyl/N-ethyl adjacent to an activating group) is 1. The van der Waals surface area contributed by atoms with Crippen LogP contribution in [0.1, 0.15) is 6.92 Å². The van der Waals surface area contributed by atoms with E-state index in [0.29, 0.717) is 12.4 Å². The average Bonchev–Trinajstić information content (AvgIpc) is 3.06. The number of hydrogen-bond acceptors (Lipinski definition) is 4. The number of rotatable bonds is 5. The summed E-state index contributed by atoms with van der Waals surface area (Å²) in [7, 11) is 0. The first kappa shape index (κ1) is 14.9. The van der Waals surface area contributed by atoms with Gasteiger partial charge in [0.2, 0.25) is 5.82 Å². The second kappa shape index (κ2) is 6.83.